The van der Waals surface area contributed by atoms with Crippen LogP contribution < -0.4 is 0 Å². The van der Waals surface area contributed by atoms with Crippen molar-refractivity contribution in [1.29, 1.82) is 0 Å². The van der Waals surface area contributed by atoms with E-state index in [1.807, 2.05) is 32.0 Å². The van der Waals surface area contributed by atoms with Crippen LogP contribution in [0.4, 0.5) is 4.79 Å². The zero-order valence-electron chi connectivity index (χ0n) is 25.5. The molecule has 2 amide bonds. The molecule has 6 heteroatoms. The van der Waals surface area contributed by atoms with Crippen LogP contribution in [0.1, 0.15) is 112 Å². The summed E-state index contributed by atoms with van der Waals surface area (Å²) < 4.78 is 6.44. The van der Waals surface area contributed by atoms with Crippen LogP contribution >= 0.6 is 0 Å². The first-order valence-electron chi connectivity index (χ1n) is 16.5. The lowest BCUT2D eigenvalue weighted by atomic mass is 9.75. The molecule has 4 fully saturated rings. The number of likely N-dealkylation sites (tertiary alicyclic amines) is 2. The maximum absolute atomic E-state index is 13.3. The van der Waals surface area contributed by atoms with Gasteiger partial charge >= 0.3 is 6.09 Å². The molecule has 1 aliphatic carbocycles. The smallest absolute Gasteiger partial charge is 0.410 e. The van der Waals surface area contributed by atoms with E-state index in [1.165, 1.54) is 44.9 Å². The van der Waals surface area contributed by atoms with Gasteiger partial charge in [-0.05, 0) is 56.6 Å². The fourth-order valence-electron chi connectivity index (χ4n) is 8.15. The van der Waals surface area contributed by atoms with Crippen LogP contribution in [0.2, 0.25) is 0 Å². The SMILES string of the molecule is CCCCC1CN(CCC2CCCCC2)C(=O)OC12CCN(C1CCN(C(=O)c3c(C)cccc3C)CC1)CC2. The molecular weight excluding hydrogens is 498 g/mol. The Bertz CT molecular complexity index is 983. The highest BCUT2D eigenvalue weighted by Gasteiger charge is 2.50. The van der Waals surface area contributed by atoms with Gasteiger partial charge in [0.1, 0.15) is 5.60 Å². The largest absolute Gasteiger partial charge is 0.442 e. The number of amides is 2. The molecule has 4 aliphatic rings. The van der Waals surface area contributed by atoms with Crippen LogP contribution in [0.5, 0.6) is 0 Å². The number of rotatable bonds is 8. The average molecular weight is 552 g/mol. The first-order valence-corrected chi connectivity index (χ1v) is 16.5. The first-order chi connectivity index (χ1) is 19.4. The fourth-order valence-corrected chi connectivity index (χ4v) is 8.15. The van der Waals surface area contributed by atoms with E-state index < -0.39 is 0 Å². The van der Waals surface area contributed by atoms with Crippen LogP contribution in [0.25, 0.3) is 0 Å². The quantitative estimate of drug-likeness (QED) is 0.350. The van der Waals surface area contributed by atoms with E-state index in [0.29, 0.717) is 12.0 Å². The molecule has 0 bridgehead atoms. The molecule has 0 aromatic heterocycles. The summed E-state index contributed by atoms with van der Waals surface area (Å²) in [7, 11) is 0. The highest BCUT2D eigenvalue weighted by molar-refractivity contribution is 5.97. The highest BCUT2D eigenvalue weighted by atomic mass is 16.6. The predicted molar refractivity (Wildman–Crippen MR) is 161 cm³/mol. The van der Waals surface area contributed by atoms with Gasteiger partial charge in [0.15, 0.2) is 0 Å². The lowest BCUT2D eigenvalue weighted by Crippen LogP contribution is -2.61. The number of aryl methyl sites for hydroxylation is 2. The number of benzene rings is 1. The van der Waals surface area contributed by atoms with E-state index in [9.17, 15) is 9.59 Å². The summed E-state index contributed by atoms with van der Waals surface area (Å²) in [6.07, 6.45) is 15.3. The number of nitrogens with zero attached hydrogens (tertiary/aromatic N) is 3. The maximum atomic E-state index is 13.3. The summed E-state index contributed by atoms with van der Waals surface area (Å²) in [4.78, 5) is 33.3. The Morgan fingerprint density at radius 2 is 1.62 bits per heavy atom. The van der Waals surface area contributed by atoms with E-state index in [4.69, 9.17) is 4.74 Å². The van der Waals surface area contributed by atoms with Crippen LogP contribution in [-0.4, -0.2) is 77.6 Å². The Hall–Kier alpha value is -2.08. The van der Waals surface area contributed by atoms with Crippen molar-refractivity contribution < 1.29 is 14.3 Å². The van der Waals surface area contributed by atoms with Crippen molar-refractivity contribution in [3.8, 4) is 0 Å². The van der Waals surface area contributed by atoms with Gasteiger partial charge in [0, 0.05) is 69.6 Å². The van der Waals surface area contributed by atoms with E-state index in [0.717, 1.165) is 100 Å². The number of piperidine rings is 2. The predicted octanol–water partition coefficient (Wildman–Crippen LogP) is 6.97. The van der Waals surface area contributed by atoms with Crippen LogP contribution in [0.3, 0.4) is 0 Å². The minimum atomic E-state index is -0.289. The van der Waals surface area contributed by atoms with Gasteiger partial charge in [-0.2, -0.15) is 0 Å². The standard InChI is InChI=1S/C34H53N3O3/c1-4-5-14-29-25-37(20-15-28-12-7-6-8-13-28)33(39)40-34(29)18-23-35(24-19-34)30-16-21-36(22-17-30)32(38)31-26(2)10-9-11-27(31)3/h9-11,28-30H,4-8,12-25H2,1-3H3. The van der Waals surface area contributed by atoms with Crippen LogP contribution in [0, 0.1) is 25.7 Å². The number of hydrogen-bond acceptors (Lipinski definition) is 4. The zero-order valence-corrected chi connectivity index (χ0v) is 25.5. The lowest BCUT2D eigenvalue weighted by molar-refractivity contribution is -0.126. The maximum Gasteiger partial charge on any atom is 0.410 e. The molecular formula is C34H53N3O3. The fraction of sp³-hybridized carbons (Fsp3) is 0.765. The Kier molecular flexibility index (Phi) is 9.76. The number of carbonyl (C=O) groups excluding carboxylic acids is 2. The molecule has 1 aromatic carbocycles. The molecule has 1 saturated carbocycles. The second-order valence-corrected chi connectivity index (χ2v) is 13.3. The molecule has 40 heavy (non-hydrogen) atoms. The van der Waals surface area contributed by atoms with Gasteiger partial charge in [-0.25, -0.2) is 4.79 Å². The molecule has 1 unspecified atom stereocenters. The second-order valence-electron chi connectivity index (χ2n) is 13.3. The average Bonchev–Trinajstić information content (AvgIpc) is 2.97. The van der Waals surface area contributed by atoms with Gasteiger partial charge in [0.25, 0.3) is 5.91 Å². The van der Waals surface area contributed by atoms with E-state index in [2.05, 4.69) is 21.6 Å². The Morgan fingerprint density at radius 1 is 0.950 bits per heavy atom. The lowest BCUT2D eigenvalue weighted by Gasteiger charge is -2.52. The summed E-state index contributed by atoms with van der Waals surface area (Å²) in [5.41, 5.74) is 2.73. The molecule has 222 valence electrons. The summed E-state index contributed by atoms with van der Waals surface area (Å²) in [6.45, 7) is 11.7. The molecule has 5 rings (SSSR count). The molecule has 0 N–H and O–H groups in total. The van der Waals surface area contributed by atoms with Gasteiger partial charge in [0.2, 0.25) is 0 Å². The van der Waals surface area contributed by atoms with Crippen molar-refractivity contribution in [2.75, 3.05) is 39.3 Å². The summed E-state index contributed by atoms with van der Waals surface area (Å²) in [5.74, 6) is 1.42. The van der Waals surface area contributed by atoms with E-state index in [1.54, 1.807) is 0 Å². The normalized spacial score (nSPS) is 24.9. The third-order valence-corrected chi connectivity index (χ3v) is 10.8. The van der Waals surface area contributed by atoms with Gasteiger partial charge in [-0.3, -0.25) is 9.69 Å². The Balaban J connectivity index is 1.14. The molecule has 3 saturated heterocycles. The van der Waals surface area contributed by atoms with Gasteiger partial charge in [-0.15, -0.1) is 0 Å². The molecule has 3 aliphatic heterocycles. The number of unbranched alkanes of at least 4 members (excludes halogenated alkanes) is 1. The van der Waals surface area contributed by atoms with Crippen molar-refractivity contribution in [3.63, 3.8) is 0 Å². The van der Waals surface area contributed by atoms with Crippen molar-refractivity contribution in [2.45, 2.75) is 116 Å². The van der Waals surface area contributed by atoms with Gasteiger partial charge < -0.3 is 14.5 Å². The minimum absolute atomic E-state index is 0.0599. The van der Waals surface area contributed by atoms with Crippen molar-refractivity contribution >= 4 is 12.0 Å². The van der Waals surface area contributed by atoms with Crippen molar-refractivity contribution in [1.82, 2.24) is 14.7 Å². The van der Waals surface area contributed by atoms with Crippen molar-refractivity contribution in [2.24, 2.45) is 11.8 Å². The number of ether oxygens (including phenoxy) is 1. The number of carbonyl (C=O) groups is 2. The second kappa shape index (κ2) is 13.3. The molecule has 0 radical (unpaired) electrons. The van der Waals surface area contributed by atoms with Crippen LogP contribution in [-0.2, 0) is 4.74 Å². The third kappa shape index (κ3) is 6.53. The third-order valence-electron chi connectivity index (χ3n) is 10.8. The molecule has 6 nitrogen and oxygen atoms in total. The minimum Gasteiger partial charge on any atom is -0.442 e. The van der Waals surface area contributed by atoms with E-state index >= 15 is 0 Å². The summed E-state index contributed by atoms with van der Waals surface area (Å²) >= 11 is 0. The van der Waals surface area contributed by atoms with Gasteiger partial charge in [0.05, 0.1) is 0 Å². The zero-order chi connectivity index (χ0) is 28.1. The monoisotopic (exact) mass is 551 g/mol. The van der Waals surface area contributed by atoms with E-state index in [-0.39, 0.29) is 17.6 Å². The van der Waals surface area contributed by atoms with Gasteiger partial charge in [-0.1, -0.05) is 70.1 Å². The Labute approximate surface area is 242 Å². The molecule has 1 aromatic rings. The van der Waals surface area contributed by atoms with Crippen LogP contribution in [0.15, 0.2) is 18.2 Å². The topological polar surface area (TPSA) is 53.1 Å². The highest BCUT2D eigenvalue weighted by Crippen LogP contribution is 2.42. The molecule has 1 atom stereocenters. The number of hydrogen-bond donors (Lipinski definition) is 0. The summed E-state index contributed by atoms with van der Waals surface area (Å²) in [5, 5.41) is 0. The van der Waals surface area contributed by atoms with Crippen molar-refractivity contribution in [3.05, 3.63) is 34.9 Å². The molecule has 1 spiro atoms. The molecule has 3 heterocycles. The Morgan fingerprint density at radius 3 is 2.27 bits per heavy atom. The summed E-state index contributed by atoms with van der Waals surface area (Å²) in [6, 6.07) is 6.62. The first kappa shape index (κ1) is 29.4.